The number of esters is 1. The number of hydrogen-bond acceptors (Lipinski definition) is 8. The first-order valence-corrected chi connectivity index (χ1v) is 9.08. The number of carbonyl (C=O) groups excluding carboxylic acids is 1. The summed E-state index contributed by atoms with van der Waals surface area (Å²) in [7, 11) is 0. The number of aryl methyl sites for hydroxylation is 1. The normalized spacial score (nSPS) is 10.8. The number of hydrogen-bond donors (Lipinski definition) is 0. The Bertz CT molecular complexity index is 1090. The van der Waals surface area contributed by atoms with Crippen LogP contribution < -0.4 is 0 Å². The lowest BCUT2D eigenvalue weighted by Gasteiger charge is -2.05. The molecule has 0 spiro atoms. The minimum absolute atomic E-state index is 0.234. The molecule has 0 fully saturated rings. The van der Waals surface area contributed by atoms with E-state index in [1.54, 1.807) is 30.2 Å². The second-order valence-corrected chi connectivity index (χ2v) is 6.24. The van der Waals surface area contributed by atoms with E-state index in [0.717, 1.165) is 5.56 Å². The van der Waals surface area contributed by atoms with Gasteiger partial charge < -0.3 is 9.26 Å². The summed E-state index contributed by atoms with van der Waals surface area (Å²) in [6, 6.07) is 9.16. The van der Waals surface area contributed by atoms with Gasteiger partial charge in [-0.3, -0.25) is 4.98 Å². The van der Waals surface area contributed by atoms with Crippen LogP contribution in [0.3, 0.4) is 0 Å². The van der Waals surface area contributed by atoms with Crippen molar-refractivity contribution in [2.45, 2.75) is 19.8 Å². The molecule has 4 aromatic rings. The van der Waals surface area contributed by atoms with E-state index in [1.165, 1.54) is 6.20 Å². The fraction of sp³-hybridized carbons (Fsp3) is 0.200. The Kier molecular flexibility index (Phi) is 5.37. The average Bonchev–Trinajstić information content (AvgIpc) is 3.39. The molecule has 146 valence electrons. The van der Waals surface area contributed by atoms with E-state index in [1.807, 2.05) is 30.3 Å². The highest BCUT2D eigenvalue weighted by Gasteiger charge is 2.17. The van der Waals surface area contributed by atoms with Crippen LogP contribution in [-0.2, 0) is 11.2 Å². The number of aromatic nitrogens is 6. The third kappa shape index (κ3) is 4.18. The zero-order valence-electron chi connectivity index (χ0n) is 15.7. The molecule has 0 aliphatic rings. The van der Waals surface area contributed by atoms with Gasteiger partial charge in [-0.05, 0) is 37.6 Å². The SMILES string of the molecule is Cc1c(C(=O)OCCCc2nc(-c3cccnc3)no2)cnn1-c1ccccn1. The monoisotopic (exact) mass is 390 g/mol. The average molecular weight is 390 g/mol. The minimum Gasteiger partial charge on any atom is -0.462 e. The van der Waals surface area contributed by atoms with Gasteiger partial charge in [0, 0.05) is 30.6 Å². The van der Waals surface area contributed by atoms with Crippen molar-refractivity contribution in [1.29, 1.82) is 0 Å². The van der Waals surface area contributed by atoms with Crippen LogP contribution in [0, 0.1) is 6.92 Å². The van der Waals surface area contributed by atoms with Crippen molar-refractivity contribution in [1.82, 2.24) is 29.9 Å². The van der Waals surface area contributed by atoms with Gasteiger partial charge in [0.15, 0.2) is 5.82 Å². The van der Waals surface area contributed by atoms with Gasteiger partial charge in [0.25, 0.3) is 0 Å². The van der Waals surface area contributed by atoms with E-state index in [9.17, 15) is 4.79 Å². The molecule has 0 radical (unpaired) electrons. The highest BCUT2D eigenvalue weighted by Crippen LogP contribution is 2.15. The minimum atomic E-state index is -0.425. The Morgan fingerprint density at radius 3 is 2.90 bits per heavy atom. The van der Waals surface area contributed by atoms with Crippen molar-refractivity contribution >= 4 is 5.97 Å². The van der Waals surface area contributed by atoms with Gasteiger partial charge in [0.1, 0.15) is 5.56 Å². The molecule has 0 amide bonds. The summed E-state index contributed by atoms with van der Waals surface area (Å²) in [5.41, 5.74) is 1.87. The first-order chi connectivity index (χ1) is 14.2. The molecule has 0 saturated carbocycles. The maximum absolute atomic E-state index is 12.4. The molecular formula is C20H18N6O3. The fourth-order valence-corrected chi connectivity index (χ4v) is 2.75. The van der Waals surface area contributed by atoms with Crippen molar-refractivity contribution < 1.29 is 14.1 Å². The summed E-state index contributed by atoms with van der Waals surface area (Å²) < 4.78 is 12.2. The molecule has 9 nitrogen and oxygen atoms in total. The van der Waals surface area contributed by atoms with Gasteiger partial charge in [0.05, 0.1) is 18.5 Å². The van der Waals surface area contributed by atoms with Gasteiger partial charge in [-0.15, -0.1) is 0 Å². The summed E-state index contributed by atoms with van der Waals surface area (Å²) in [6.07, 6.45) is 7.58. The zero-order valence-corrected chi connectivity index (χ0v) is 15.7. The van der Waals surface area contributed by atoms with E-state index < -0.39 is 5.97 Å². The zero-order chi connectivity index (χ0) is 20.1. The summed E-state index contributed by atoms with van der Waals surface area (Å²) >= 11 is 0. The van der Waals surface area contributed by atoms with Gasteiger partial charge in [-0.25, -0.2) is 14.5 Å². The highest BCUT2D eigenvalue weighted by molar-refractivity contribution is 5.90. The van der Waals surface area contributed by atoms with Crippen LogP contribution in [0.2, 0.25) is 0 Å². The summed E-state index contributed by atoms with van der Waals surface area (Å²) in [6.45, 7) is 2.04. The molecule has 0 unspecified atom stereocenters. The molecule has 0 N–H and O–H groups in total. The van der Waals surface area contributed by atoms with E-state index >= 15 is 0 Å². The Balaban J connectivity index is 1.30. The molecule has 0 aliphatic carbocycles. The Morgan fingerprint density at radius 2 is 2.10 bits per heavy atom. The van der Waals surface area contributed by atoms with Gasteiger partial charge in [0.2, 0.25) is 11.7 Å². The number of carbonyl (C=O) groups is 1. The lowest BCUT2D eigenvalue weighted by molar-refractivity contribution is 0.0497. The third-order valence-electron chi connectivity index (χ3n) is 4.25. The van der Waals surface area contributed by atoms with Gasteiger partial charge >= 0.3 is 5.97 Å². The van der Waals surface area contributed by atoms with E-state index in [4.69, 9.17) is 9.26 Å². The molecule has 0 saturated heterocycles. The smallest absolute Gasteiger partial charge is 0.341 e. The number of nitrogens with zero attached hydrogens (tertiary/aromatic N) is 6. The second-order valence-electron chi connectivity index (χ2n) is 6.24. The van der Waals surface area contributed by atoms with Crippen molar-refractivity contribution in [2.24, 2.45) is 0 Å². The molecule has 4 rings (SSSR count). The fourth-order valence-electron chi connectivity index (χ4n) is 2.75. The molecule has 4 aromatic heterocycles. The van der Waals surface area contributed by atoms with Gasteiger partial charge in [-0.2, -0.15) is 10.1 Å². The van der Waals surface area contributed by atoms with E-state index in [-0.39, 0.29) is 6.61 Å². The quantitative estimate of drug-likeness (QED) is 0.350. The summed E-state index contributed by atoms with van der Waals surface area (Å²) in [5, 5.41) is 8.17. The molecule has 0 aromatic carbocycles. The van der Waals surface area contributed by atoms with E-state index in [0.29, 0.717) is 41.6 Å². The lowest BCUT2D eigenvalue weighted by Crippen LogP contribution is -2.09. The summed E-state index contributed by atoms with van der Waals surface area (Å²) in [5.74, 6) is 1.19. The maximum atomic E-state index is 12.4. The van der Waals surface area contributed by atoms with Crippen LogP contribution in [0.5, 0.6) is 0 Å². The molecule has 0 aliphatic heterocycles. The predicted octanol–water partition coefficient (Wildman–Crippen LogP) is 2.81. The summed E-state index contributed by atoms with van der Waals surface area (Å²) in [4.78, 5) is 25.0. The lowest BCUT2D eigenvalue weighted by atomic mass is 10.2. The Morgan fingerprint density at radius 1 is 1.17 bits per heavy atom. The molecule has 0 bridgehead atoms. The van der Waals surface area contributed by atoms with Crippen molar-refractivity contribution in [2.75, 3.05) is 6.61 Å². The molecular weight excluding hydrogens is 372 g/mol. The molecule has 9 heteroatoms. The first kappa shape index (κ1) is 18.5. The van der Waals surface area contributed by atoms with Crippen LogP contribution in [0.25, 0.3) is 17.2 Å². The molecule has 29 heavy (non-hydrogen) atoms. The molecule has 4 heterocycles. The highest BCUT2D eigenvalue weighted by atomic mass is 16.5. The third-order valence-corrected chi connectivity index (χ3v) is 4.25. The van der Waals surface area contributed by atoms with Crippen LogP contribution in [0.15, 0.2) is 59.6 Å². The topological polar surface area (TPSA) is 109 Å². The number of pyridine rings is 2. The van der Waals surface area contributed by atoms with Crippen molar-refractivity contribution in [3.8, 4) is 17.2 Å². The molecule has 0 atom stereocenters. The number of rotatable bonds is 7. The largest absolute Gasteiger partial charge is 0.462 e. The van der Waals surface area contributed by atoms with Gasteiger partial charge in [-0.1, -0.05) is 11.2 Å². The van der Waals surface area contributed by atoms with Crippen LogP contribution in [0.1, 0.15) is 28.4 Å². The maximum Gasteiger partial charge on any atom is 0.341 e. The standard InChI is InChI=1S/C20H18N6O3/c1-14-16(13-23-26(14)17-7-2-3-10-22-17)20(27)28-11-5-8-18-24-19(25-29-18)15-6-4-9-21-12-15/h2-4,6-7,9-10,12-13H,5,8,11H2,1H3. The Labute approximate surface area is 166 Å². The van der Waals surface area contributed by atoms with Crippen LogP contribution in [0.4, 0.5) is 0 Å². The second kappa shape index (κ2) is 8.42. The van der Waals surface area contributed by atoms with Crippen molar-refractivity contribution in [3.63, 3.8) is 0 Å². The predicted molar refractivity (Wildman–Crippen MR) is 102 cm³/mol. The van der Waals surface area contributed by atoms with Crippen molar-refractivity contribution in [3.05, 3.63) is 72.3 Å². The van der Waals surface area contributed by atoms with E-state index in [2.05, 4.69) is 25.2 Å². The Hall–Kier alpha value is -3.88. The van der Waals surface area contributed by atoms with Crippen LogP contribution >= 0.6 is 0 Å². The first-order valence-electron chi connectivity index (χ1n) is 9.08. The number of ether oxygens (including phenoxy) is 1. The van der Waals surface area contributed by atoms with Crippen LogP contribution in [-0.4, -0.2) is 42.5 Å².